The molecule has 0 aromatic heterocycles. The molecule has 2 rings (SSSR count). The van der Waals surface area contributed by atoms with Gasteiger partial charge in [0, 0.05) is 6.42 Å². The van der Waals surface area contributed by atoms with Crippen LogP contribution in [-0.4, -0.2) is 19.2 Å². The van der Waals surface area contributed by atoms with Gasteiger partial charge >= 0.3 is 0 Å². The Labute approximate surface area is 121 Å². The van der Waals surface area contributed by atoms with Gasteiger partial charge in [-0.15, -0.1) is 0 Å². The van der Waals surface area contributed by atoms with E-state index in [1.165, 1.54) is 0 Å². The van der Waals surface area contributed by atoms with E-state index in [0.29, 0.717) is 34.8 Å². The molecule has 1 aromatic rings. The number of amidine groups is 1. The van der Waals surface area contributed by atoms with Crippen molar-refractivity contribution in [2.24, 2.45) is 4.99 Å². The summed E-state index contributed by atoms with van der Waals surface area (Å²) in [5, 5.41) is 3.83. The molecule has 1 unspecified atom stereocenters. The molecular weight excluding hydrogens is 290 g/mol. The standard InChI is InChI=1S/C13H13Cl2FN2O/c1-8(16)7-11(18-13-17-5-6-19-13)9-3-2-4-10(14)12(9)15/h2-4,11H,1,5-7H2,(H,17,18). The van der Waals surface area contributed by atoms with Crippen LogP contribution in [0.3, 0.4) is 0 Å². The topological polar surface area (TPSA) is 33.6 Å². The Morgan fingerprint density at radius 2 is 2.32 bits per heavy atom. The molecule has 1 aliphatic heterocycles. The van der Waals surface area contributed by atoms with E-state index in [-0.39, 0.29) is 6.42 Å². The highest BCUT2D eigenvalue weighted by Crippen LogP contribution is 2.32. The van der Waals surface area contributed by atoms with Crippen molar-refractivity contribution in [2.75, 3.05) is 13.2 Å². The summed E-state index contributed by atoms with van der Waals surface area (Å²) in [7, 11) is 0. The van der Waals surface area contributed by atoms with Crippen LogP contribution in [0, 0.1) is 0 Å². The van der Waals surface area contributed by atoms with Gasteiger partial charge in [0.25, 0.3) is 6.02 Å². The van der Waals surface area contributed by atoms with Crippen molar-refractivity contribution in [3.8, 4) is 0 Å². The summed E-state index contributed by atoms with van der Waals surface area (Å²) >= 11 is 12.1. The minimum atomic E-state index is -0.452. The number of hydrogen-bond acceptors (Lipinski definition) is 3. The molecule has 19 heavy (non-hydrogen) atoms. The lowest BCUT2D eigenvalue weighted by molar-refractivity contribution is 0.323. The molecule has 1 atom stereocenters. The second kappa shape index (κ2) is 6.26. The number of ether oxygens (including phenoxy) is 1. The van der Waals surface area contributed by atoms with Crippen molar-refractivity contribution in [1.82, 2.24) is 5.32 Å². The van der Waals surface area contributed by atoms with Crippen LogP contribution in [0.25, 0.3) is 0 Å². The van der Waals surface area contributed by atoms with E-state index in [4.69, 9.17) is 27.9 Å². The molecule has 0 spiro atoms. The third kappa shape index (κ3) is 3.61. The van der Waals surface area contributed by atoms with Crippen molar-refractivity contribution in [2.45, 2.75) is 12.5 Å². The van der Waals surface area contributed by atoms with Crippen molar-refractivity contribution in [3.05, 3.63) is 46.2 Å². The summed E-state index contributed by atoms with van der Waals surface area (Å²) < 4.78 is 18.4. The molecular formula is C13H13Cl2FN2O. The first kappa shape index (κ1) is 14.2. The second-order valence-corrected chi connectivity index (χ2v) is 4.88. The van der Waals surface area contributed by atoms with E-state index in [2.05, 4.69) is 16.9 Å². The summed E-state index contributed by atoms with van der Waals surface area (Å²) in [6.07, 6.45) is 0.0719. The zero-order valence-electron chi connectivity index (χ0n) is 10.1. The Balaban J connectivity index is 2.25. The monoisotopic (exact) mass is 302 g/mol. The van der Waals surface area contributed by atoms with E-state index in [1.54, 1.807) is 18.2 Å². The summed E-state index contributed by atoms with van der Waals surface area (Å²) in [6.45, 7) is 4.40. The third-order valence-electron chi connectivity index (χ3n) is 2.67. The van der Waals surface area contributed by atoms with Crippen molar-refractivity contribution in [1.29, 1.82) is 0 Å². The summed E-state index contributed by atoms with van der Waals surface area (Å²) in [4.78, 5) is 4.12. The van der Waals surface area contributed by atoms with Gasteiger partial charge in [0.15, 0.2) is 0 Å². The maximum atomic E-state index is 13.2. The van der Waals surface area contributed by atoms with Crippen LogP contribution in [0.5, 0.6) is 0 Å². The first-order valence-corrected chi connectivity index (χ1v) is 6.54. The highest BCUT2D eigenvalue weighted by molar-refractivity contribution is 6.42. The number of nitrogens with zero attached hydrogens (tertiary/aromatic N) is 1. The fourth-order valence-electron chi connectivity index (χ4n) is 1.82. The van der Waals surface area contributed by atoms with Gasteiger partial charge in [0.1, 0.15) is 6.61 Å². The molecule has 3 nitrogen and oxygen atoms in total. The van der Waals surface area contributed by atoms with Crippen LogP contribution in [0.1, 0.15) is 18.0 Å². The Bertz CT molecular complexity index is 519. The number of rotatable bonds is 4. The predicted octanol–water partition coefficient (Wildman–Crippen LogP) is 3.88. The molecule has 6 heteroatoms. The van der Waals surface area contributed by atoms with Gasteiger partial charge < -0.3 is 10.1 Å². The lowest BCUT2D eigenvalue weighted by atomic mass is 10.0. The lowest BCUT2D eigenvalue weighted by Gasteiger charge is -2.20. The molecule has 1 aromatic carbocycles. The number of nitrogens with one attached hydrogen (secondary N) is 1. The van der Waals surface area contributed by atoms with Crippen LogP contribution in [-0.2, 0) is 4.74 Å². The largest absolute Gasteiger partial charge is 0.463 e. The molecule has 0 saturated carbocycles. The quantitative estimate of drug-likeness (QED) is 0.915. The normalized spacial score (nSPS) is 15.6. The maximum absolute atomic E-state index is 13.2. The summed E-state index contributed by atoms with van der Waals surface area (Å²) in [5.74, 6) is -0.452. The Kier molecular flexibility index (Phi) is 4.66. The van der Waals surface area contributed by atoms with Gasteiger partial charge in [-0.1, -0.05) is 41.9 Å². The summed E-state index contributed by atoms with van der Waals surface area (Å²) in [6, 6.07) is 5.20. The zero-order chi connectivity index (χ0) is 13.8. The molecule has 1 N–H and O–H groups in total. The van der Waals surface area contributed by atoms with Crippen LogP contribution >= 0.6 is 23.2 Å². The minimum absolute atomic E-state index is 0.0719. The Morgan fingerprint density at radius 1 is 1.53 bits per heavy atom. The van der Waals surface area contributed by atoms with E-state index in [9.17, 15) is 4.39 Å². The fourth-order valence-corrected chi connectivity index (χ4v) is 2.26. The van der Waals surface area contributed by atoms with Gasteiger partial charge in [-0.3, -0.25) is 0 Å². The molecule has 0 fully saturated rings. The van der Waals surface area contributed by atoms with Gasteiger partial charge in [0.05, 0.1) is 28.5 Å². The second-order valence-electron chi connectivity index (χ2n) is 4.10. The molecule has 102 valence electrons. The Hall–Kier alpha value is -1.26. The average Bonchev–Trinajstić information content (AvgIpc) is 2.84. The highest BCUT2D eigenvalue weighted by Gasteiger charge is 2.20. The van der Waals surface area contributed by atoms with Crippen LogP contribution in [0.2, 0.25) is 10.0 Å². The predicted molar refractivity (Wildman–Crippen MR) is 75.5 cm³/mol. The SMILES string of the molecule is C=C(F)CC(NC1=NCCO1)c1cccc(Cl)c1Cl. The van der Waals surface area contributed by atoms with Gasteiger partial charge in [-0.25, -0.2) is 9.38 Å². The first-order valence-electron chi connectivity index (χ1n) is 5.79. The highest BCUT2D eigenvalue weighted by atomic mass is 35.5. The van der Waals surface area contributed by atoms with Crippen molar-refractivity contribution in [3.63, 3.8) is 0 Å². The van der Waals surface area contributed by atoms with E-state index in [0.717, 1.165) is 0 Å². The van der Waals surface area contributed by atoms with Crippen molar-refractivity contribution >= 4 is 29.2 Å². The number of hydrogen-bond donors (Lipinski definition) is 1. The lowest BCUT2D eigenvalue weighted by Crippen LogP contribution is -2.29. The van der Waals surface area contributed by atoms with Gasteiger partial charge in [-0.05, 0) is 11.6 Å². The fraction of sp³-hybridized carbons (Fsp3) is 0.308. The summed E-state index contributed by atoms with van der Waals surface area (Å²) in [5.41, 5.74) is 0.686. The third-order valence-corrected chi connectivity index (χ3v) is 3.50. The van der Waals surface area contributed by atoms with Crippen molar-refractivity contribution < 1.29 is 9.13 Å². The molecule has 0 amide bonds. The minimum Gasteiger partial charge on any atom is -0.463 e. The number of benzene rings is 1. The Morgan fingerprint density at radius 3 is 2.95 bits per heavy atom. The molecule has 1 heterocycles. The first-order chi connectivity index (χ1) is 9.08. The maximum Gasteiger partial charge on any atom is 0.285 e. The molecule has 0 bridgehead atoms. The smallest absolute Gasteiger partial charge is 0.285 e. The van der Waals surface area contributed by atoms with Gasteiger partial charge in [-0.2, -0.15) is 0 Å². The van der Waals surface area contributed by atoms with E-state index < -0.39 is 11.9 Å². The zero-order valence-corrected chi connectivity index (χ0v) is 11.6. The van der Waals surface area contributed by atoms with Gasteiger partial charge in [0.2, 0.25) is 0 Å². The number of halogens is 3. The molecule has 0 radical (unpaired) electrons. The molecule has 0 aliphatic carbocycles. The van der Waals surface area contributed by atoms with Crippen LogP contribution in [0.4, 0.5) is 4.39 Å². The van der Waals surface area contributed by atoms with E-state index >= 15 is 0 Å². The van der Waals surface area contributed by atoms with Crippen LogP contribution in [0.15, 0.2) is 35.6 Å². The average molecular weight is 303 g/mol. The molecule has 0 saturated heterocycles. The number of aliphatic imine (C=N–C) groups is 1. The van der Waals surface area contributed by atoms with E-state index in [1.807, 2.05) is 0 Å². The van der Waals surface area contributed by atoms with Crippen LogP contribution < -0.4 is 5.32 Å². The molecule has 1 aliphatic rings.